The van der Waals surface area contributed by atoms with Crippen LogP contribution in [0.5, 0.6) is 5.75 Å². The first-order valence-electron chi connectivity index (χ1n) is 10.2. The lowest BCUT2D eigenvalue weighted by molar-refractivity contribution is -0.121. The van der Waals surface area contributed by atoms with E-state index in [1.807, 2.05) is 32.0 Å². The van der Waals surface area contributed by atoms with Gasteiger partial charge in [0.2, 0.25) is 15.9 Å². The molecule has 8 heteroatoms. The van der Waals surface area contributed by atoms with Crippen molar-refractivity contribution in [1.82, 2.24) is 5.32 Å². The second-order valence-corrected chi connectivity index (χ2v) is 9.89. The molecule has 0 aliphatic rings. The fourth-order valence-corrected chi connectivity index (χ4v) is 4.71. The molecule has 0 radical (unpaired) electrons. The van der Waals surface area contributed by atoms with E-state index in [4.69, 9.17) is 16.3 Å². The zero-order chi connectivity index (χ0) is 23.2. The summed E-state index contributed by atoms with van der Waals surface area (Å²) in [5.74, 6) is 0.693. The molecule has 0 saturated carbocycles. The third kappa shape index (κ3) is 6.61. The van der Waals surface area contributed by atoms with E-state index in [0.29, 0.717) is 22.7 Å². The minimum Gasteiger partial charge on any atom is -0.496 e. The third-order valence-corrected chi connectivity index (χ3v) is 6.83. The van der Waals surface area contributed by atoms with Crippen molar-refractivity contribution in [1.29, 1.82) is 0 Å². The van der Waals surface area contributed by atoms with Crippen molar-refractivity contribution in [2.45, 2.75) is 46.1 Å². The van der Waals surface area contributed by atoms with Gasteiger partial charge in [-0.15, -0.1) is 0 Å². The minimum absolute atomic E-state index is 0.113. The molecule has 0 spiro atoms. The summed E-state index contributed by atoms with van der Waals surface area (Å²) < 4.78 is 31.3. The molecule has 1 amide bonds. The van der Waals surface area contributed by atoms with Gasteiger partial charge in [-0.05, 0) is 61.6 Å². The first-order valence-corrected chi connectivity index (χ1v) is 12.5. The Morgan fingerprint density at radius 1 is 1.23 bits per heavy atom. The normalized spacial score (nSPS) is 12.3. The molecule has 1 atom stereocenters. The predicted octanol–water partition coefficient (Wildman–Crippen LogP) is 4.78. The van der Waals surface area contributed by atoms with Crippen molar-refractivity contribution in [3.63, 3.8) is 0 Å². The van der Waals surface area contributed by atoms with Gasteiger partial charge < -0.3 is 10.1 Å². The SMILES string of the molecule is CC[C@H](NC(=O)CCCN(c1cccc(Cl)c1C)S(C)(=O)=O)c1ccc(OC)c(C)c1. The molecule has 31 heavy (non-hydrogen) atoms. The van der Waals surface area contributed by atoms with E-state index in [9.17, 15) is 13.2 Å². The number of anilines is 1. The Balaban J connectivity index is 2.03. The molecule has 0 aliphatic heterocycles. The van der Waals surface area contributed by atoms with Crippen LogP contribution in [0.25, 0.3) is 0 Å². The van der Waals surface area contributed by atoms with Crippen LogP contribution in [0.2, 0.25) is 5.02 Å². The van der Waals surface area contributed by atoms with Gasteiger partial charge in [0.1, 0.15) is 5.75 Å². The molecule has 0 bridgehead atoms. The van der Waals surface area contributed by atoms with Crippen molar-refractivity contribution in [2.24, 2.45) is 0 Å². The maximum atomic E-state index is 12.6. The first kappa shape index (κ1) is 25.0. The van der Waals surface area contributed by atoms with Crippen LogP contribution in [0.1, 0.15) is 48.9 Å². The molecule has 0 heterocycles. The Bertz CT molecular complexity index is 1020. The van der Waals surface area contributed by atoms with Crippen LogP contribution in [-0.4, -0.2) is 34.2 Å². The number of carbonyl (C=O) groups excluding carboxylic acids is 1. The van der Waals surface area contributed by atoms with E-state index in [1.54, 1.807) is 32.2 Å². The van der Waals surface area contributed by atoms with E-state index in [2.05, 4.69) is 5.32 Å². The Labute approximate surface area is 190 Å². The third-order valence-electron chi connectivity index (χ3n) is 5.24. The lowest BCUT2D eigenvalue weighted by atomic mass is 10.0. The number of nitrogens with zero attached hydrogens (tertiary/aromatic N) is 1. The van der Waals surface area contributed by atoms with Crippen molar-refractivity contribution in [2.75, 3.05) is 24.2 Å². The number of hydrogen-bond donors (Lipinski definition) is 1. The summed E-state index contributed by atoms with van der Waals surface area (Å²) in [6.07, 6.45) is 2.52. The van der Waals surface area contributed by atoms with E-state index < -0.39 is 10.0 Å². The second kappa shape index (κ2) is 10.9. The predicted molar refractivity (Wildman–Crippen MR) is 127 cm³/mol. The molecule has 170 valence electrons. The fourth-order valence-electron chi connectivity index (χ4n) is 3.52. The Hall–Kier alpha value is -2.25. The van der Waals surface area contributed by atoms with Crippen molar-refractivity contribution in [3.8, 4) is 5.75 Å². The van der Waals surface area contributed by atoms with E-state index in [-0.39, 0.29) is 24.9 Å². The average Bonchev–Trinajstić information content (AvgIpc) is 2.71. The smallest absolute Gasteiger partial charge is 0.232 e. The van der Waals surface area contributed by atoms with Gasteiger partial charge in [0.15, 0.2) is 0 Å². The molecule has 1 N–H and O–H groups in total. The number of benzene rings is 2. The van der Waals surface area contributed by atoms with Gasteiger partial charge in [0.05, 0.1) is 25.1 Å². The number of amides is 1. The van der Waals surface area contributed by atoms with Crippen LogP contribution in [0.15, 0.2) is 36.4 Å². The second-order valence-electron chi connectivity index (χ2n) is 7.58. The Morgan fingerprint density at radius 2 is 1.94 bits per heavy atom. The quantitative estimate of drug-likeness (QED) is 0.546. The zero-order valence-corrected chi connectivity index (χ0v) is 20.3. The number of carbonyl (C=O) groups is 1. The molecular weight excluding hydrogens is 436 g/mol. The van der Waals surface area contributed by atoms with E-state index in [1.165, 1.54) is 4.31 Å². The minimum atomic E-state index is -3.51. The summed E-state index contributed by atoms with van der Waals surface area (Å²) in [5.41, 5.74) is 3.25. The number of aryl methyl sites for hydroxylation is 1. The fraction of sp³-hybridized carbons (Fsp3) is 0.435. The van der Waals surface area contributed by atoms with Gasteiger partial charge >= 0.3 is 0 Å². The molecule has 0 saturated heterocycles. The number of sulfonamides is 1. The maximum absolute atomic E-state index is 12.6. The summed E-state index contributed by atoms with van der Waals surface area (Å²) in [6.45, 7) is 5.96. The standard InChI is InChI=1S/C23H31ClN2O4S/c1-6-20(18-12-13-22(30-4)16(2)15-18)25-23(27)11-8-14-26(31(5,28)29)21-10-7-9-19(24)17(21)3/h7,9-10,12-13,15,20H,6,8,11,14H2,1-5H3,(H,25,27)/t20-/m0/s1. The lowest BCUT2D eigenvalue weighted by Crippen LogP contribution is -2.33. The molecule has 6 nitrogen and oxygen atoms in total. The first-order chi connectivity index (χ1) is 14.6. The molecule has 2 aromatic carbocycles. The molecule has 0 aromatic heterocycles. The Kier molecular flexibility index (Phi) is 8.77. The molecular formula is C23H31ClN2O4S. The van der Waals surface area contributed by atoms with Gasteiger partial charge in [0.25, 0.3) is 0 Å². The molecule has 0 unspecified atom stereocenters. The number of nitrogens with one attached hydrogen (secondary N) is 1. The summed E-state index contributed by atoms with van der Waals surface area (Å²) in [5, 5.41) is 3.56. The number of halogens is 1. The van der Waals surface area contributed by atoms with Crippen LogP contribution in [0.4, 0.5) is 5.69 Å². The monoisotopic (exact) mass is 466 g/mol. The molecule has 0 fully saturated rings. The summed E-state index contributed by atoms with van der Waals surface area (Å²) >= 11 is 6.16. The maximum Gasteiger partial charge on any atom is 0.232 e. The van der Waals surface area contributed by atoms with Gasteiger partial charge in [-0.3, -0.25) is 9.10 Å². The lowest BCUT2D eigenvalue weighted by Gasteiger charge is -2.25. The van der Waals surface area contributed by atoms with Gasteiger partial charge in [0, 0.05) is 18.0 Å². The van der Waals surface area contributed by atoms with Crippen LogP contribution < -0.4 is 14.4 Å². The molecule has 2 aromatic rings. The van der Waals surface area contributed by atoms with Crippen molar-refractivity contribution in [3.05, 3.63) is 58.1 Å². The number of rotatable bonds is 10. The highest BCUT2D eigenvalue weighted by Crippen LogP contribution is 2.28. The highest BCUT2D eigenvalue weighted by Gasteiger charge is 2.21. The highest BCUT2D eigenvalue weighted by atomic mass is 35.5. The van der Waals surface area contributed by atoms with Crippen LogP contribution >= 0.6 is 11.6 Å². The van der Waals surface area contributed by atoms with E-state index >= 15 is 0 Å². The van der Waals surface area contributed by atoms with Gasteiger partial charge in [-0.2, -0.15) is 0 Å². The van der Waals surface area contributed by atoms with Crippen molar-refractivity contribution >= 4 is 33.2 Å². The van der Waals surface area contributed by atoms with Crippen molar-refractivity contribution < 1.29 is 17.9 Å². The zero-order valence-electron chi connectivity index (χ0n) is 18.7. The van der Waals surface area contributed by atoms with Crippen LogP contribution in [0.3, 0.4) is 0 Å². The topological polar surface area (TPSA) is 75.7 Å². The summed E-state index contributed by atoms with van der Waals surface area (Å²) in [7, 11) is -1.88. The number of hydrogen-bond acceptors (Lipinski definition) is 4. The molecule has 0 aliphatic carbocycles. The van der Waals surface area contributed by atoms with Gasteiger partial charge in [-0.25, -0.2) is 8.42 Å². The summed E-state index contributed by atoms with van der Waals surface area (Å²) in [4.78, 5) is 12.6. The largest absolute Gasteiger partial charge is 0.496 e. The van der Waals surface area contributed by atoms with Crippen LogP contribution in [-0.2, 0) is 14.8 Å². The number of methoxy groups -OCH3 is 1. The highest BCUT2D eigenvalue weighted by molar-refractivity contribution is 7.92. The summed E-state index contributed by atoms with van der Waals surface area (Å²) in [6, 6.07) is 10.9. The van der Waals surface area contributed by atoms with Crippen LogP contribution in [0, 0.1) is 13.8 Å². The van der Waals surface area contributed by atoms with E-state index in [0.717, 1.165) is 29.6 Å². The Morgan fingerprint density at radius 3 is 2.52 bits per heavy atom. The molecule has 2 rings (SSSR count). The average molecular weight is 467 g/mol. The van der Waals surface area contributed by atoms with Gasteiger partial charge in [-0.1, -0.05) is 36.7 Å². The number of ether oxygens (including phenoxy) is 1.